The molecule has 0 aromatic heterocycles. The summed E-state index contributed by atoms with van der Waals surface area (Å²) in [7, 11) is 0. The third kappa shape index (κ3) is 67.6. The van der Waals surface area contributed by atoms with E-state index in [1.54, 1.807) is 0 Å². The van der Waals surface area contributed by atoms with Gasteiger partial charge in [0.2, 0.25) is 5.91 Å². The van der Waals surface area contributed by atoms with Gasteiger partial charge in [-0.25, -0.2) is 0 Å². The van der Waals surface area contributed by atoms with E-state index >= 15 is 0 Å². The van der Waals surface area contributed by atoms with Crippen molar-refractivity contribution in [1.29, 1.82) is 0 Å². The van der Waals surface area contributed by atoms with Gasteiger partial charge in [0.15, 0.2) is 0 Å². The lowest BCUT2D eigenvalue weighted by Gasteiger charge is -2.22. The standard InChI is InChI=1S/C75H147NO5/c1-3-5-7-9-11-13-15-17-19-21-23-32-35-39-43-47-51-55-59-63-67-73(78)72(71-77)76-74(79)68-64-60-56-52-48-44-40-36-33-29-27-25-24-26-28-30-34-38-42-46-50-54-58-62-66-70-81-75(80)69-65-61-57-53-49-45-41-37-31-22-20-18-16-14-12-10-8-6-4-2/h18,20,72-73,77-78H,3-17,19,21-71H2,1-2H3,(H,76,79)/b20-18-. The highest BCUT2D eigenvalue weighted by molar-refractivity contribution is 5.76. The second-order valence-corrected chi connectivity index (χ2v) is 26.0. The Morgan fingerprint density at radius 2 is 0.580 bits per heavy atom. The van der Waals surface area contributed by atoms with Crippen molar-refractivity contribution >= 4 is 11.9 Å². The van der Waals surface area contributed by atoms with Crippen LogP contribution in [0.15, 0.2) is 12.2 Å². The summed E-state index contributed by atoms with van der Waals surface area (Å²) in [6.07, 6.45) is 88.4. The van der Waals surface area contributed by atoms with E-state index in [4.69, 9.17) is 4.74 Å². The average Bonchev–Trinajstić information content (AvgIpc) is 3.47. The van der Waals surface area contributed by atoms with Crippen LogP contribution < -0.4 is 5.32 Å². The molecular weight excluding hydrogens is 995 g/mol. The number of nitrogens with one attached hydrogen (secondary N) is 1. The first kappa shape index (κ1) is 79.6. The molecule has 0 aliphatic heterocycles. The van der Waals surface area contributed by atoms with E-state index in [2.05, 4.69) is 31.3 Å². The molecule has 0 saturated heterocycles. The molecule has 0 aliphatic carbocycles. The molecule has 0 fully saturated rings. The van der Waals surface area contributed by atoms with Crippen LogP contribution in [-0.4, -0.2) is 47.4 Å². The zero-order chi connectivity index (χ0) is 58.5. The van der Waals surface area contributed by atoms with Crippen LogP contribution in [0, 0.1) is 0 Å². The van der Waals surface area contributed by atoms with E-state index in [9.17, 15) is 19.8 Å². The quantitative estimate of drug-likeness (QED) is 0.0320. The van der Waals surface area contributed by atoms with Crippen molar-refractivity contribution in [2.75, 3.05) is 13.2 Å². The summed E-state index contributed by atoms with van der Waals surface area (Å²) in [6, 6.07) is -0.540. The second-order valence-electron chi connectivity index (χ2n) is 26.0. The topological polar surface area (TPSA) is 95.9 Å². The van der Waals surface area contributed by atoms with Crippen molar-refractivity contribution in [3.8, 4) is 0 Å². The molecule has 0 bridgehead atoms. The molecule has 482 valence electrons. The maximum absolute atomic E-state index is 12.6. The number of hydrogen-bond acceptors (Lipinski definition) is 5. The van der Waals surface area contributed by atoms with Crippen LogP contribution in [0.3, 0.4) is 0 Å². The van der Waals surface area contributed by atoms with Crippen molar-refractivity contribution in [2.45, 2.75) is 443 Å². The van der Waals surface area contributed by atoms with E-state index in [-0.39, 0.29) is 18.5 Å². The van der Waals surface area contributed by atoms with Crippen LogP contribution in [0.2, 0.25) is 0 Å². The molecule has 0 rings (SSSR count). The number of carbonyl (C=O) groups is 2. The number of amides is 1. The number of aliphatic hydroxyl groups is 2. The molecule has 0 spiro atoms. The van der Waals surface area contributed by atoms with Crippen LogP contribution in [0.1, 0.15) is 431 Å². The summed E-state index contributed by atoms with van der Waals surface area (Å²) in [5.41, 5.74) is 0. The van der Waals surface area contributed by atoms with Gasteiger partial charge in [0, 0.05) is 12.8 Å². The summed E-state index contributed by atoms with van der Waals surface area (Å²) >= 11 is 0. The maximum atomic E-state index is 12.6. The monoisotopic (exact) mass is 1140 g/mol. The van der Waals surface area contributed by atoms with E-state index in [0.29, 0.717) is 25.9 Å². The number of unbranched alkanes of at least 4 members (excludes halogenated alkanes) is 58. The SMILES string of the molecule is CCCCCCCC/C=C\CCCCCCCCCCCC(=O)OCCCCCCCCCCCCCCCCCCCCCCCCCCCC(=O)NC(CO)C(O)CCCCCCCCCCCCCCCCCCCCCC. The van der Waals surface area contributed by atoms with Crippen molar-refractivity contribution in [2.24, 2.45) is 0 Å². The first-order valence-electron chi connectivity index (χ1n) is 37.4. The molecule has 0 saturated carbocycles. The third-order valence-corrected chi connectivity index (χ3v) is 17.8. The van der Waals surface area contributed by atoms with Crippen LogP contribution in [0.5, 0.6) is 0 Å². The van der Waals surface area contributed by atoms with Gasteiger partial charge in [0.25, 0.3) is 0 Å². The number of ether oxygens (including phenoxy) is 1. The minimum Gasteiger partial charge on any atom is -0.466 e. The molecule has 0 heterocycles. The Morgan fingerprint density at radius 1 is 0.333 bits per heavy atom. The van der Waals surface area contributed by atoms with E-state index in [1.807, 2.05) is 0 Å². The predicted octanol–water partition coefficient (Wildman–Crippen LogP) is 24.3. The summed E-state index contributed by atoms with van der Waals surface area (Å²) in [6.45, 7) is 5.00. The lowest BCUT2D eigenvalue weighted by atomic mass is 10.0. The fraction of sp³-hybridized carbons (Fsp3) is 0.947. The lowest BCUT2D eigenvalue weighted by Crippen LogP contribution is -2.45. The van der Waals surface area contributed by atoms with Crippen LogP contribution in [-0.2, 0) is 14.3 Å². The summed E-state index contributed by atoms with van der Waals surface area (Å²) in [5, 5.41) is 23.4. The smallest absolute Gasteiger partial charge is 0.305 e. The molecule has 0 radical (unpaired) electrons. The van der Waals surface area contributed by atoms with Gasteiger partial charge in [-0.2, -0.15) is 0 Å². The lowest BCUT2D eigenvalue weighted by molar-refractivity contribution is -0.143. The number of carbonyl (C=O) groups excluding carboxylic acids is 2. The van der Waals surface area contributed by atoms with E-state index < -0.39 is 12.1 Å². The summed E-state index contributed by atoms with van der Waals surface area (Å²) in [4.78, 5) is 24.7. The fourth-order valence-corrected chi connectivity index (χ4v) is 12.1. The van der Waals surface area contributed by atoms with Crippen molar-refractivity contribution in [1.82, 2.24) is 5.32 Å². The van der Waals surface area contributed by atoms with Crippen molar-refractivity contribution in [3.05, 3.63) is 12.2 Å². The normalized spacial score (nSPS) is 12.5. The van der Waals surface area contributed by atoms with Gasteiger partial charge in [-0.3, -0.25) is 9.59 Å². The molecule has 3 N–H and O–H groups in total. The molecule has 2 atom stereocenters. The highest BCUT2D eigenvalue weighted by Crippen LogP contribution is 2.20. The van der Waals surface area contributed by atoms with Crippen molar-refractivity contribution < 1.29 is 24.5 Å². The number of hydrogen-bond donors (Lipinski definition) is 3. The Labute approximate surface area is 508 Å². The van der Waals surface area contributed by atoms with Crippen LogP contribution >= 0.6 is 0 Å². The third-order valence-electron chi connectivity index (χ3n) is 17.8. The highest BCUT2D eigenvalue weighted by Gasteiger charge is 2.20. The van der Waals surface area contributed by atoms with Gasteiger partial charge in [-0.1, -0.05) is 379 Å². The van der Waals surface area contributed by atoms with E-state index in [0.717, 1.165) is 38.5 Å². The van der Waals surface area contributed by atoms with E-state index in [1.165, 1.54) is 360 Å². The molecule has 0 aliphatic rings. The molecule has 2 unspecified atom stereocenters. The number of allylic oxidation sites excluding steroid dienone is 2. The molecule has 0 aromatic carbocycles. The number of esters is 1. The van der Waals surface area contributed by atoms with Crippen molar-refractivity contribution in [3.63, 3.8) is 0 Å². The highest BCUT2D eigenvalue weighted by atomic mass is 16.5. The summed E-state index contributed by atoms with van der Waals surface area (Å²) in [5.74, 6) is -0.0107. The maximum Gasteiger partial charge on any atom is 0.305 e. The first-order valence-corrected chi connectivity index (χ1v) is 37.4. The zero-order valence-electron chi connectivity index (χ0n) is 55.3. The molecular formula is C75H147NO5. The largest absolute Gasteiger partial charge is 0.466 e. The Hall–Kier alpha value is -1.40. The Bertz CT molecular complexity index is 1220. The predicted molar refractivity (Wildman–Crippen MR) is 357 cm³/mol. The van der Waals surface area contributed by atoms with Gasteiger partial charge in [-0.05, 0) is 51.4 Å². The fourth-order valence-electron chi connectivity index (χ4n) is 12.1. The Morgan fingerprint density at radius 3 is 0.877 bits per heavy atom. The minimum absolute atomic E-state index is 0.0174. The molecule has 81 heavy (non-hydrogen) atoms. The van der Waals surface area contributed by atoms with Crippen LogP contribution in [0.25, 0.3) is 0 Å². The Kier molecular flexibility index (Phi) is 69.9. The number of rotatable bonds is 71. The first-order chi connectivity index (χ1) is 40.0. The van der Waals surface area contributed by atoms with Gasteiger partial charge in [-0.15, -0.1) is 0 Å². The van der Waals surface area contributed by atoms with Gasteiger partial charge >= 0.3 is 5.97 Å². The van der Waals surface area contributed by atoms with Gasteiger partial charge < -0.3 is 20.3 Å². The molecule has 0 aromatic rings. The molecule has 6 heteroatoms. The summed E-state index contributed by atoms with van der Waals surface area (Å²) < 4.78 is 5.51. The molecule has 6 nitrogen and oxygen atoms in total. The minimum atomic E-state index is -0.663. The zero-order valence-corrected chi connectivity index (χ0v) is 55.3. The van der Waals surface area contributed by atoms with Gasteiger partial charge in [0.05, 0.1) is 25.4 Å². The Balaban J connectivity index is 3.34. The second kappa shape index (κ2) is 71.1. The molecule has 1 amide bonds. The van der Waals surface area contributed by atoms with Gasteiger partial charge in [0.1, 0.15) is 0 Å². The average molecular weight is 1140 g/mol. The van der Waals surface area contributed by atoms with Crippen LogP contribution in [0.4, 0.5) is 0 Å². The number of aliphatic hydroxyl groups excluding tert-OH is 2.